The Morgan fingerprint density at radius 1 is 1.26 bits per heavy atom. The zero-order chi connectivity index (χ0) is 16.4. The first kappa shape index (κ1) is 15.3. The highest BCUT2D eigenvalue weighted by atomic mass is 32.2. The van der Waals surface area contributed by atoms with Crippen molar-refractivity contribution in [1.29, 1.82) is 0 Å². The number of hydrogen-bond acceptors (Lipinski definition) is 6. The molecular weight excluding hydrogens is 334 g/mol. The predicted molar refractivity (Wildman–Crippen MR) is 93.0 cm³/mol. The van der Waals surface area contributed by atoms with Crippen molar-refractivity contribution in [2.24, 2.45) is 0 Å². The number of pyridine rings is 1. The highest BCUT2D eigenvalue weighted by molar-refractivity contribution is 8.27. The van der Waals surface area contributed by atoms with E-state index in [1.54, 1.807) is 36.7 Å². The Bertz CT molecular complexity index is 837. The topological polar surface area (TPSA) is 76.3 Å². The summed E-state index contributed by atoms with van der Waals surface area (Å²) in [5.41, 5.74) is 1.13. The summed E-state index contributed by atoms with van der Waals surface area (Å²) in [6, 6.07) is 9.40. The standard InChI is InChI=1S/C15H9N3O3S2/c19-14-13(8-10-4-6-16-7-5-10)23-15(22)17(14)11-2-1-3-12(9-11)18(20)21/h1-9H/b13-8-. The third kappa shape index (κ3) is 3.13. The molecule has 1 saturated heterocycles. The number of aromatic nitrogens is 1. The maximum Gasteiger partial charge on any atom is 0.271 e. The van der Waals surface area contributed by atoms with Crippen molar-refractivity contribution in [3.05, 3.63) is 69.4 Å². The second kappa shape index (κ2) is 6.27. The van der Waals surface area contributed by atoms with Crippen LogP contribution in [0.3, 0.4) is 0 Å². The number of anilines is 1. The fourth-order valence-electron chi connectivity index (χ4n) is 2.05. The number of nitrogens with zero attached hydrogens (tertiary/aromatic N) is 3. The molecule has 0 unspecified atom stereocenters. The van der Waals surface area contributed by atoms with Crippen molar-refractivity contribution in [2.75, 3.05) is 4.90 Å². The number of benzene rings is 1. The van der Waals surface area contributed by atoms with Gasteiger partial charge in [0, 0.05) is 24.5 Å². The molecule has 0 aliphatic carbocycles. The number of non-ortho nitro benzene ring substituents is 1. The van der Waals surface area contributed by atoms with Gasteiger partial charge in [0.05, 0.1) is 15.5 Å². The van der Waals surface area contributed by atoms with Crippen molar-refractivity contribution < 1.29 is 9.72 Å². The number of carbonyl (C=O) groups excluding carboxylic acids is 1. The van der Waals surface area contributed by atoms with Crippen LogP contribution >= 0.6 is 24.0 Å². The molecule has 1 aromatic carbocycles. The summed E-state index contributed by atoms with van der Waals surface area (Å²) in [4.78, 5) is 28.6. The van der Waals surface area contributed by atoms with Gasteiger partial charge in [-0.25, -0.2) is 0 Å². The molecule has 1 aromatic heterocycles. The van der Waals surface area contributed by atoms with Crippen molar-refractivity contribution in [1.82, 2.24) is 4.98 Å². The van der Waals surface area contributed by atoms with Crippen molar-refractivity contribution >= 4 is 51.7 Å². The second-order valence-corrected chi connectivity index (χ2v) is 6.25. The average molecular weight is 343 g/mol. The van der Waals surface area contributed by atoms with Gasteiger partial charge in [-0.2, -0.15) is 0 Å². The van der Waals surface area contributed by atoms with Crippen LogP contribution in [0.15, 0.2) is 53.7 Å². The number of hydrogen-bond donors (Lipinski definition) is 0. The molecule has 2 heterocycles. The number of carbonyl (C=O) groups is 1. The van der Waals surface area contributed by atoms with E-state index in [4.69, 9.17) is 12.2 Å². The number of nitro groups is 1. The smallest absolute Gasteiger partial charge is 0.268 e. The fourth-order valence-corrected chi connectivity index (χ4v) is 3.35. The lowest BCUT2D eigenvalue weighted by Gasteiger charge is -2.13. The molecule has 0 N–H and O–H groups in total. The average Bonchev–Trinajstić information content (AvgIpc) is 2.82. The summed E-state index contributed by atoms with van der Waals surface area (Å²) < 4.78 is 0.343. The molecule has 0 spiro atoms. The van der Waals surface area contributed by atoms with Crippen LogP contribution in [-0.4, -0.2) is 20.1 Å². The van der Waals surface area contributed by atoms with Crippen molar-refractivity contribution in [2.45, 2.75) is 0 Å². The molecule has 0 bridgehead atoms. The molecule has 1 fully saturated rings. The van der Waals surface area contributed by atoms with E-state index in [1.807, 2.05) is 0 Å². The summed E-state index contributed by atoms with van der Waals surface area (Å²) in [5, 5.41) is 10.9. The Balaban J connectivity index is 1.95. The first-order valence-corrected chi connectivity index (χ1v) is 7.71. The van der Waals surface area contributed by atoms with Gasteiger partial charge in [-0.15, -0.1) is 0 Å². The van der Waals surface area contributed by atoms with Crippen molar-refractivity contribution in [3.63, 3.8) is 0 Å². The van der Waals surface area contributed by atoms with Gasteiger partial charge in [0.15, 0.2) is 4.32 Å². The minimum Gasteiger partial charge on any atom is -0.268 e. The molecule has 6 nitrogen and oxygen atoms in total. The third-order valence-electron chi connectivity index (χ3n) is 3.10. The Kier molecular flexibility index (Phi) is 4.18. The molecular formula is C15H9N3O3S2. The quantitative estimate of drug-likeness (QED) is 0.368. The lowest BCUT2D eigenvalue weighted by atomic mass is 10.2. The van der Waals surface area contributed by atoms with Crippen LogP contribution in [0.2, 0.25) is 0 Å². The van der Waals surface area contributed by atoms with E-state index in [0.29, 0.717) is 14.9 Å². The number of amides is 1. The van der Waals surface area contributed by atoms with Crippen LogP contribution in [0.25, 0.3) is 6.08 Å². The van der Waals surface area contributed by atoms with Gasteiger partial charge >= 0.3 is 0 Å². The second-order valence-electron chi connectivity index (χ2n) is 4.57. The Hall–Kier alpha value is -2.58. The van der Waals surface area contributed by atoms with E-state index in [2.05, 4.69) is 4.98 Å². The van der Waals surface area contributed by atoms with Crippen LogP contribution in [-0.2, 0) is 4.79 Å². The number of rotatable bonds is 3. The summed E-state index contributed by atoms with van der Waals surface area (Å²) in [7, 11) is 0. The zero-order valence-corrected chi connectivity index (χ0v) is 13.2. The maximum absolute atomic E-state index is 12.6. The summed E-state index contributed by atoms with van der Waals surface area (Å²) in [5.74, 6) is -0.294. The van der Waals surface area contributed by atoms with Gasteiger partial charge < -0.3 is 0 Å². The van der Waals surface area contributed by atoms with Crippen LogP contribution in [0.4, 0.5) is 11.4 Å². The van der Waals surface area contributed by atoms with E-state index in [-0.39, 0.29) is 11.6 Å². The lowest BCUT2D eigenvalue weighted by molar-refractivity contribution is -0.384. The van der Waals surface area contributed by atoms with E-state index >= 15 is 0 Å². The van der Waals surface area contributed by atoms with Gasteiger partial charge in [-0.05, 0) is 29.8 Å². The molecule has 0 atom stereocenters. The van der Waals surface area contributed by atoms with Gasteiger partial charge in [0.25, 0.3) is 11.6 Å². The molecule has 2 aromatic rings. The number of thiocarbonyl (C=S) groups is 1. The Morgan fingerprint density at radius 3 is 2.70 bits per heavy atom. The summed E-state index contributed by atoms with van der Waals surface area (Å²) >= 11 is 6.41. The van der Waals surface area contributed by atoms with Gasteiger partial charge in [0.1, 0.15) is 0 Å². The first-order valence-electron chi connectivity index (χ1n) is 6.49. The summed E-state index contributed by atoms with van der Waals surface area (Å²) in [6.45, 7) is 0. The zero-order valence-electron chi connectivity index (χ0n) is 11.6. The number of thioether (sulfide) groups is 1. The van der Waals surface area contributed by atoms with E-state index in [0.717, 1.165) is 17.3 Å². The van der Waals surface area contributed by atoms with E-state index in [9.17, 15) is 14.9 Å². The van der Waals surface area contributed by atoms with Crippen LogP contribution in [0.5, 0.6) is 0 Å². The minimum absolute atomic E-state index is 0.0883. The van der Waals surface area contributed by atoms with Crippen LogP contribution in [0, 0.1) is 10.1 Å². The van der Waals surface area contributed by atoms with Gasteiger partial charge in [-0.3, -0.25) is 24.8 Å². The molecule has 3 rings (SSSR count). The normalized spacial score (nSPS) is 16.2. The van der Waals surface area contributed by atoms with Crippen LogP contribution in [0.1, 0.15) is 5.56 Å². The first-order chi connectivity index (χ1) is 11.1. The Labute approximate surface area is 141 Å². The predicted octanol–water partition coefficient (Wildman–Crippen LogP) is 3.40. The van der Waals surface area contributed by atoms with Gasteiger partial charge in [0.2, 0.25) is 0 Å². The van der Waals surface area contributed by atoms with Crippen molar-refractivity contribution in [3.8, 4) is 0 Å². The van der Waals surface area contributed by atoms with Crippen LogP contribution < -0.4 is 4.90 Å². The highest BCUT2D eigenvalue weighted by Crippen LogP contribution is 2.36. The lowest BCUT2D eigenvalue weighted by Crippen LogP contribution is -2.27. The largest absolute Gasteiger partial charge is 0.271 e. The minimum atomic E-state index is -0.506. The van der Waals surface area contributed by atoms with Gasteiger partial charge in [-0.1, -0.05) is 30.0 Å². The molecule has 114 valence electrons. The molecule has 23 heavy (non-hydrogen) atoms. The maximum atomic E-state index is 12.6. The number of nitro benzene ring substituents is 1. The van der Waals surface area contributed by atoms with E-state index in [1.165, 1.54) is 23.1 Å². The Morgan fingerprint density at radius 2 is 2.00 bits per heavy atom. The van der Waals surface area contributed by atoms with E-state index < -0.39 is 4.92 Å². The SMILES string of the molecule is O=C1/C(=C/c2ccncc2)SC(=S)N1c1cccc([N+](=O)[O-])c1. The molecule has 1 amide bonds. The molecule has 0 radical (unpaired) electrons. The monoisotopic (exact) mass is 343 g/mol. The molecule has 1 aliphatic rings. The summed E-state index contributed by atoms with van der Waals surface area (Å²) in [6.07, 6.45) is 4.98. The third-order valence-corrected chi connectivity index (χ3v) is 4.40. The highest BCUT2D eigenvalue weighted by Gasteiger charge is 2.33. The molecule has 8 heteroatoms. The fraction of sp³-hybridized carbons (Fsp3) is 0. The molecule has 0 saturated carbocycles. The molecule has 1 aliphatic heterocycles.